The molecular weight excluding hydrogens is 242 g/mol. The molecule has 2 rings (SSSR count). The normalized spacial score (nSPS) is 20.9. The van der Waals surface area contributed by atoms with Gasteiger partial charge >= 0.3 is 0 Å². The van der Waals surface area contributed by atoms with E-state index in [9.17, 15) is 5.11 Å². The topological polar surface area (TPSA) is 84.3 Å². The molecule has 1 aromatic rings. The molecule has 1 aliphatic carbocycles. The van der Waals surface area contributed by atoms with E-state index in [4.69, 9.17) is 10.3 Å². The van der Waals surface area contributed by atoms with Gasteiger partial charge in [-0.3, -0.25) is 0 Å². The van der Waals surface area contributed by atoms with E-state index >= 15 is 0 Å². The molecule has 5 nitrogen and oxygen atoms in total. The van der Waals surface area contributed by atoms with Crippen molar-refractivity contribution in [2.24, 2.45) is 5.73 Å². The molecule has 0 aromatic carbocycles. The monoisotopic (exact) mass is 263 g/mol. The Morgan fingerprint density at radius 2 is 2.47 bits per heavy atom. The van der Waals surface area contributed by atoms with Crippen LogP contribution in [0.5, 0.6) is 0 Å². The second-order valence-electron chi connectivity index (χ2n) is 4.76. The minimum absolute atomic E-state index is 0.176. The van der Waals surface area contributed by atoms with Gasteiger partial charge in [0.25, 0.3) is 0 Å². The average Bonchev–Trinajstić information content (AvgIpc) is 2.86. The molecule has 0 aliphatic heterocycles. The van der Waals surface area contributed by atoms with Crippen LogP contribution in [0, 0.1) is 0 Å². The number of aliphatic hydroxyl groups is 1. The molecule has 0 fully saturated rings. The predicted molar refractivity (Wildman–Crippen MR) is 73.4 cm³/mol. The molecule has 0 saturated heterocycles. The van der Waals surface area contributed by atoms with Gasteiger partial charge < -0.3 is 20.7 Å². The Morgan fingerprint density at radius 3 is 3.26 bits per heavy atom. The number of allylic oxidation sites excluding steroid dienone is 2. The number of aliphatic hydroxyl groups excluding tert-OH is 1. The van der Waals surface area contributed by atoms with Crippen LogP contribution in [0.4, 0.5) is 0 Å². The lowest BCUT2D eigenvalue weighted by molar-refractivity contribution is 0.138. The standard InChI is InChI=1S/C14H21N3O2/c15-12-3-1-2-11(4-5-12)6-8-16-10-13(18)14-7-9-17-19-14/h2,4-5,7,9,12-13,16,18H,1,3,6,8,10,15H2. The zero-order valence-electron chi connectivity index (χ0n) is 11.0. The molecule has 5 heteroatoms. The van der Waals surface area contributed by atoms with Crippen molar-refractivity contribution in [3.05, 3.63) is 41.8 Å². The number of aromatic nitrogens is 1. The van der Waals surface area contributed by atoms with E-state index in [0.29, 0.717) is 12.3 Å². The van der Waals surface area contributed by atoms with Crippen molar-refractivity contribution in [3.63, 3.8) is 0 Å². The third-order valence-corrected chi connectivity index (χ3v) is 3.18. The number of nitrogens with two attached hydrogens (primary N) is 1. The van der Waals surface area contributed by atoms with E-state index in [1.54, 1.807) is 6.07 Å². The molecule has 104 valence electrons. The lowest BCUT2D eigenvalue weighted by Gasteiger charge is -2.09. The first kappa shape index (κ1) is 14.0. The molecular formula is C14H21N3O2. The highest BCUT2D eigenvalue weighted by Crippen LogP contribution is 2.13. The molecule has 2 unspecified atom stereocenters. The number of hydrogen-bond donors (Lipinski definition) is 3. The van der Waals surface area contributed by atoms with Gasteiger partial charge in [0.2, 0.25) is 0 Å². The van der Waals surface area contributed by atoms with Gasteiger partial charge in [-0.2, -0.15) is 0 Å². The first-order valence-electron chi connectivity index (χ1n) is 6.68. The van der Waals surface area contributed by atoms with Crippen LogP contribution in [-0.4, -0.2) is 29.4 Å². The van der Waals surface area contributed by atoms with Crippen molar-refractivity contribution in [2.75, 3.05) is 13.1 Å². The minimum atomic E-state index is -0.644. The van der Waals surface area contributed by atoms with Crippen LogP contribution in [0.15, 0.2) is 40.6 Å². The highest BCUT2D eigenvalue weighted by atomic mass is 16.5. The molecule has 1 heterocycles. The van der Waals surface area contributed by atoms with Crippen molar-refractivity contribution < 1.29 is 9.63 Å². The van der Waals surface area contributed by atoms with Crippen LogP contribution >= 0.6 is 0 Å². The number of rotatable bonds is 6. The zero-order chi connectivity index (χ0) is 13.5. The van der Waals surface area contributed by atoms with Gasteiger partial charge in [0.15, 0.2) is 5.76 Å². The number of hydrogen-bond acceptors (Lipinski definition) is 5. The molecule has 4 N–H and O–H groups in total. The quantitative estimate of drug-likeness (QED) is 0.674. The Hall–Kier alpha value is -1.43. The lowest BCUT2D eigenvalue weighted by atomic mass is 10.1. The summed E-state index contributed by atoms with van der Waals surface area (Å²) in [4.78, 5) is 0. The summed E-state index contributed by atoms with van der Waals surface area (Å²) in [5.41, 5.74) is 7.16. The van der Waals surface area contributed by atoms with Gasteiger partial charge in [0.1, 0.15) is 6.10 Å². The van der Waals surface area contributed by atoms with Gasteiger partial charge in [0, 0.05) is 18.7 Å². The summed E-state index contributed by atoms with van der Waals surface area (Å²) in [6.45, 7) is 1.28. The highest BCUT2D eigenvalue weighted by Gasteiger charge is 2.10. The van der Waals surface area contributed by atoms with E-state index in [1.165, 1.54) is 11.8 Å². The molecule has 0 saturated carbocycles. The van der Waals surface area contributed by atoms with Gasteiger partial charge in [-0.05, 0) is 25.8 Å². The Balaban J connectivity index is 1.66. The maximum Gasteiger partial charge on any atom is 0.166 e. The molecule has 19 heavy (non-hydrogen) atoms. The summed E-state index contributed by atoms with van der Waals surface area (Å²) in [5.74, 6) is 0.493. The smallest absolute Gasteiger partial charge is 0.166 e. The average molecular weight is 263 g/mol. The van der Waals surface area contributed by atoms with Crippen LogP contribution in [-0.2, 0) is 0 Å². The molecule has 2 atom stereocenters. The fourth-order valence-corrected chi connectivity index (χ4v) is 2.03. The SMILES string of the molecule is NC1C=CC(CCNCC(O)c2ccno2)=CCC1. The van der Waals surface area contributed by atoms with Gasteiger partial charge in [-0.1, -0.05) is 29.0 Å². The first-order valence-corrected chi connectivity index (χ1v) is 6.68. The van der Waals surface area contributed by atoms with Crippen LogP contribution in [0.3, 0.4) is 0 Å². The van der Waals surface area contributed by atoms with Crippen molar-refractivity contribution in [3.8, 4) is 0 Å². The Bertz CT molecular complexity index is 426. The van der Waals surface area contributed by atoms with E-state index in [-0.39, 0.29) is 6.04 Å². The summed E-state index contributed by atoms with van der Waals surface area (Å²) >= 11 is 0. The summed E-state index contributed by atoms with van der Waals surface area (Å²) in [7, 11) is 0. The molecule has 0 amide bonds. The third-order valence-electron chi connectivity index (χ3n) is 3.18. The number of nitrogens with zero attached hydrogens (tertiary/aromatic N) is 1. The van der Waals surface area contributed by atoms with Crippen molar-refractivity contribution in [1.29, 1.82) is 0 Å². The van der Waals surface area contributed by atoms with E-state index < -0.39 is 6.10 Å². The number of nitrogens with one attached hydrogen (secondary N) is 1. The van der Waals surface area contributed by atoms with E-state index in [2.05, 4.69) is 28.7 Å². The zero-order valence-corrected chi connectivity index (χ0v) is 11.0. The third kappa shape index (κ3) is 4.63. The van der Waals surface area contributed by atoms with E-state index in [1.807, 2.05) is 0 Å². The van der Waals surface area contributed by atoms with Crippen molar-refractivity contribution in [1.82, 2.24) is 10.5 Å². The van der Waals surface area contributed by atoms with Crippen LogP contribution in [0.25, 0.3) is 0 Å². The molecule has 0 spiro atoms. The van der Waals surface area contributed by atoms with E-state index in [0.717, 1.165) is 25.8 Å². The maximum absolute atomic E-state index is 9.78. The fourth-order valence-electron chi connectivity index (χ4n) is 2.03. The molecule has 1 aromatic heterocycles. The summed E-state index contributed by atoms with van der Waals surface area (Å²) in [6, 6.07) is 1.85. The molecule has 1 aliphatic rings. The molecule has 0 bridgehead atoms. The van der Waals surface area contributed by atoms with Gasteiger partial charge in [0.05, 0.1) is 6.20 Å². The second-order valence-corrected chi connectivity index (χ2v) is 4.76. The fraction of sp³-hybridized carbons (Fsp3) is 0.500. The Morgan fingerprint density at radius 1 is 1.58 bits per heavy atom. The Kier molecular flexibility index (Phi) is 5.32. The predicted octanol–water partition coefficient (Wildman–Crippen LogP) is 1.29. The van der Waals surface area contributed by atoms with Crippen molar-refractivity contribution >= 4 is 0 Å². The van der Waals surface area contributed by atoms with Gasteiger partial charge in [-0.25, -0.2) is 0 Å². The summed E-state index contributed by atoms with van der Waals surface area (Å²) in [5, 5.41) is 16.6. The van der Waals surface area contributed by atoms with Crippen LogP contribution in [0.2, 0.25) is 0 Å². The maximum atomic E-state index is 9.78. The second kappa shape index (κ2) is 7.23. The van der Waals surface area contributed by atoms with Crippen LogP contribution in [0.1, 0.15) is 31.1 Å². The first-order chi connectivity index (χ1) is 9.25. The van der Waals surface area contributed by atoms with Gasteiger partial charge in [-0.15, -0.1) is 0 Å². The minimum Gasteiger partial charge on any atom is -0.384 e. The lowest BCUT2D eigenvalue weighted by Crippen LogP contribution is -2.22. The van der Waals surface area contributed by atoms with Crippen molar-refractivity contribution in [2.45, 2.75) is 31.4 Å². The molecule has 0 radical (unpaired) electrons. The Labute approximate surface area is 113 Å². The highest BCUT2D eigenvalue weighted by molar-refractivity contribution is 5.22. The summed E-state index contributed by atoms with van der Waals surface area (Å²) in [6.07, 6.45) is 10.3. The largest absolute Gasteiger partial charge is 0.384 e. The van der Waals surface area contributed by atoms with Crippen LogP contribution < -0.4 is 11.1 Å². The summed E-state index contributed by atoms with van der Waals surface area (Å²) < 4.78 is 4.89.